The standard InChI is InChI=1S/C22H20N8O/c1-14-21(28-29-30(14)12-17-7-4-8-18(25-17)13-31-2)20-10-19(26-22(24)27-20)16-6-3-5-15(9-16)11-23/h3-10H,12-13H2,1-2H3,(H2,24,26,27). The van der Waals surface area contributed by atoms with E-state index in [4.69, 9.17) is 15.7 Å². The quantitative estimate of drug-likeness (QED) is 0.512. The summed E-state index contributed by atoms with van der Waals surface area (Å²) in [6.45, 7) is 2.84. The number of methoxy groups -OCH3 is 1. The third-order valence-corrected chi connectivity index (χ3v) is 4.72. The summed E-state index contributed by atoms with van der Waals surface area (Å²) in [5.41, 5.74) is 11.6. The van der Waals surface area contributed by atoms with Crippen molar-refractivity contribution in [1.29, 1.82) is 5.26 Å². The van der Waals surface area contributed by atoms with Gasteiger partial charge in [-0.1, -0.05) is 23.4 Å². The van der Waals surface area contributed by atoms with E-state index in [0.717, 1.165) is 22.6 Å². The number of ether oxygens (including phenoxy) is 1. The summed E-state index contributed by atoms with van der Waals surface area (Å²) in [7, 11) is 1.64. The fourth-order valence-electron chi connectivity index (χ4n) is 3.23. The van der Waals surface area contributed by atoms with Gasteiger partial charge in [-0.25, -0.2) is 14.6 Å². The summed E-state index contributed by atoms with van der Waals surface area (Å²) in [6, 6.07) is 16.9. The Kier molecular flexibility index (Phi) is 5.64. The van der Waals surface area contributed by atoms with Crippen LogP contribution in [0.2, 0.25) is 0 Å². The van der Waals surface area contributed by atoms with E-state index in [1.165, 1.54) is 0 Å². The Labute approximate surface area is 179 Å². The SMILES string of the molecule is COCc1cccc(Cn2nnc(-c3cc(-c4cccc(C#N)c4)nc(N)n3)c2C)n1. The van der Waals surface area contributed by atoms with E-state index in [9.17, 15) is 0 Å². The van der Waals surface area contributed by atoms with Crippen LogP contribution in [0.25, 0.3) is 22.6 Å². The predicted molar refractivity (Wildman–Crippen MR) is 114 cm³/mol. The van der Waals surface area contributed by atoms with Crippen LogP contribution in [0, 0.1) is 18.3 Å². The van der Waals surface area contributed by atoms with Gasteiger partial charge in [-0.05, 0) is 37.3 Å². The van der Waals surface area contributed by atoms with Gasteiger partial charge in [0.15, 0.2) is 0 Å². The summed E-state index contributed by atoms with van der Waals surface area (Å²) in [6.07, 6.45) is 0. The number of hydrogen-bond donors (Lipinski definition) is 1. The lowest BCUT2D eigenvalue weighted by Crippen LogP contribution is -2.07. The first-order chi connectivity index (χ1) is 15.1. The van der Waals surface area contributed by atoms with Crippen molar-refractivity contribution in [2.24, 2.45) is 0 Å². The molecule has 0 spiro atoms. The van der Waals surface area contributed by atoms with Crippen LogP contribution in [0.1, 0.15) is 22.6 Å². The van der Waals surface area contributed by atoms with Gasteiger partial charge in [0.1, 0.15) is 5.69 Å². The highest BCUT2D eigenvalue weighted by Gasteiger charge is 2.16. The number of pyridine rings is 1. The molecule has 3 aromatic heterocycles. The number of rotatable bonds is 6. The fraction of sp³-hybridized carbons (Fsp3) is 0.182. The van der Waals surface area contributed by atoms with Crippen LogP contribution < -0.4 is 5.73 Å². The first-order valence-electron chi connectivity index (χ1n) is 9.56. The topological polar surface area (TPSA) is 128 Å². The summed E-state index contributed by atoms with van der Waals surface area (Å²) >= 11 is 0. The Bertz CT molecular complexity index is 1270. The number of benzene rings is 1. The van der Waals surface area contributed by atoms with Crippen molar-refractivity contribution in [3.8, 4) is 28.7 Å². The van der Waals surface area contributed by atoms with Crippen LogP contribution in [0.5, 0.6) is 0 Å². The van der Waals surface area contributed by atoms with E-state index < -0.39 is 0 Å². The summed E-state index contributed by atoms with van der Waals surface area (Å²) in [5, 5.41) is 17.7. The minimum absolute atomic E-state index is 0.123. The highest BCUT2D eigenvalue weighted by molar-refractivity contribution is 5.69. The largest absolute Gasteiger partial charge is 0.378 e. The van der Waals surface area contributed by atoms with Crippen LogP contribution >= 0.6 is 0 Å². The molecule has 154 valence electrons. The molecule has 0 amide bonds. The van der Waals surface area contributed by atoms with Crippen LogP contribution in [0.3, 0.4) is 0 Å². The number of nitrogens with zero attached hydrogens (tertiary/aromatic N) is 7. The van der Waals surface area contributed by atoms with Gasteiger partial charge in [-0.15, -0.1) is 5.10 Å². The van der Waals surface area contributed by atoms with Crippen molar-refractivity contribution >= 4 is 5.95 Å². The number of aromatic nitrogens is 6. The molecule has 0 saturated carbocycles. The average molecular weight is 412 g/mol. The van der Waals surface area contributed by atoms with Crippen LogP contribution in [0.15, 0.2) is 48.5 Å². The van der Waals surface area contributed by atoms with Gasteiger partial charge < -0.3 is 10.5 Å². The Morgan fingerprint density at radius 2 is 1.81 bits per heavy atom. The highest BCUT2D eigenvalue weighted by Crippen LogP contribution is 2.26. The molecule has 31 heavy (non-hydrogen) atoms. The Morgan fingerprint density at radius 1 is 1.03 bits per heavy atom. The fourth-order valence-corrected chi connectivity index (χ4v) is 3.23. The van der Waals surface area contributed by atoms with Crippen molar-refractivity contribution in [1.82, 2.24) is 29.9 Å². The lowest BCUT2D eigenvalue weighted by atomic mass is 10.1. The smallest absolute Gasteiger partial charge is 0.221 e. The zero-order chi connectivity index (χ0) is 21.8. The normalized spacial score (nSPS) is 10.7. The van der Waals surface area contributed by atoms with Gasteiger partial charge in [0.05, 0.1) is 53.3 Å². The van der Waals surface area contributed by atoms with Gasteiger partial charge in [0, 0.05) is 12.7 Å². The molecule has 2 N–H and O–H groups in total. The molecule has 0 radical (unpaired) electrons. The number of hydrogen-bond acceptors (Lipinski definition) is 8. The third kappa shape index (κ3) is 4.39. The maximum atomic E-state index is 9.16. The third-order valence-electron chi connectivity index (χ3n) is 4.72. The van der Waals surface area contributed by atoms with E-state index in [2.05, 4.69) is 31.3 Å². The summed E-state index contributed by atoms with van der Waals surface area (Å²) in [4.78, 5) is 13.2. The van der Waals surface area contributed by atoms with E-state index in [0.29, 0.717) is 35.8 Å². The maximum Gasteiger partial charge on any atom is 0.221 e. The number of nitriles is 1. The van der Waals surface area contributed by atoms with E-state index in [-0.39, 0.29) is 5.95 Å². The number of nitrogen functional groups attached to an aromatic ring is 1. The zero-order valence-electron chi connectivity index (χ0n) is 17.1. The molecular weight excluding hydrogens is 392 g/mol. The number of anilines is 1. The lowest BCUT2D eigenvalue weighted by molar-refractivity contribution is 0.181. The van der Waals surface area contributed by atoms with Crippen LogP contribution in [0.4, 0.5) is 5.95 Å². The summed E-state index contributed by atoms with van der Waals surface area (Å²) < 4.78 is 6.92. The van der Waals surface area contributed by atoms with Crippen molar-refractivity contribution in [3.63, 3.8) is 0 Å². The van der Waals surface area contributed by atoms with Crippen molar-refractivity contribution in [3.05, 3.63) is 71.2 Å². The molecule has 0 aliphatic heterocycles. The van der Waals surface area contributed by atoms with Gasteiger partial charge in [0.2, 0.25) is 5.95 Å². The second kappa shape index (κ2) is 8.69. The molecule has 1 aromatic carbocycles. The molecular formula is C22H20N8O. The van der Waals surface area contributed by atoms with Crippen molar-refractivity contribution < 1.29 is 4.74 Å². The average Bonchev–Trinajstić information content (AvgIpc) is 3.14. The molecule has 0 unspecified atom stereocenters. The minimum Gasteiger partial charge on any atom is -0.378 e. The second-order valence-corrected chi connectivity index (χ2v) is 6.92. The first kappa shape index (κ1) is 20.1. The molecule has 0 aliphatic rings. The first-order valence-corrected chi connectivity index (χ1v) is 9.56. The van der Waals surface area contributed by atoms with E-state index in [1.807, 2.05) is 31.2 Å². The Hall–Kier alpha value is -4.16. The zero-order valence-corrected chi connectivity index (χ0v) is 17.1. The molecule has 3 heterocycles. The van der Waals surface area contributed by atoms with Gasteiger partial charge in [-0.2, -0.15) is 5.26 Å². The number of nitrogens with two attached hydrogens (primary N) is 1. The van der Waals surface area contributed by atoms with Crippen LogP contribution in [-0.4, -0.2) is 37.1 Å². The van der Waals surface area contributed by atoms with E-state index in [1.54, 1.807) is 36.1 Å². The van der Waals surface area contributed by atoms with Gasteiger partial charge in [-0.3, -0.25) is 4.98 Å². The highest BCUT2D eigenvalue weighted by atomic mass is 16.5. The van der Waals surface area contributed by atoms with Crippen molar-refractivity contribution in [2.75, 3.05) is 12.8 Å². The summed E-state index contributed by atoms with van der Waals surface area (Å²) in [5.74, 6) is 0.123. The molecule has 4 aromatic rings. The predicted octanol–water partition coefficient (Wildman–Crippen LogP) is 2.75. The molecule has 9 nitrogen and oxygen atoms in total. The maximum absolute atomic E-state index is 9.16. The molecule has 0 bridgehead atoms. The molecule has 0 saturated heterocycles. The van der Waals surface area contributed by atoms with Gasteiger partial charge >= 0.3 is 0 Å². The lowest BCUT2D eigenvalue weighted by Gasteiger charge is -2.07. The molecule has 0 aliphatic carbocycles. The van der Waals surface area contributed by atoms with E-state index >= 15 is 0 Å². The minimum atomic E-state index is 0.123. The van der Waals surface area contributed by atoms with Gasteiger partial charge in [0.25, 0.3) is 0 Å². The molecule has 0 atom stereocenters. The van der Waals surface area contributed by atoms with Crippen molar-refractivity contribution in [2.45, 2.75) is 20.1 Å². The monoisotopic (exact) mass is 412 g/mol. The Balaban J connectivity index is 1.67. The molecule has 4 rings (SSSR count). The molecule has 9 heteroatoms. The van der Waals surface area contributed by atoms with Crippen LogP contribution in [-0.2, 0) is 17.9 Å². The molecule has 0 fully saturated rings. The Morgan fingerprint density at radius 3 is 2.61 bits per heavy atom. The second-order valence-electron chi connectivity index (χ2n) is 6.92.